The molecule has 4 nitrogen and oxygen atoms in total. The van der Waals surface area contributed by atoms with Crippen LogP contribution in [0.25, 0.3) is 11.1 Å². The number of nitrogens with one attached hydrogen (secondary N) is 1. The van der Waals surface area contributed by atoms with E-state index in [4.69, 9.17) is 0 Å². The van der Waals surface area contributed by atoms with Crippen LogP contribution >= 0.6 is 0 Å². The maximum atomic E-state index is 11.9. The highest BCUT2D eigenvalue weighted by atomic mass is 16.3. The van der Waals surface area contributed by atoms with Crippen molar-refractivity contribution in [2.75, 3.05) is 5.32 Å². The predicted octanol–water partition coefficient (Wildman–Crippen LogP) is 4.42. The maximum absolute atomic E-state index is 11.9. The fourth-order valence-corrected chi connectivity index (χ4v) is 2.62. The number of hydrogen-bond acceptors (Lipinski definition) is 3. The highest BCUT2D eigenvalue weighted by Crippen LogP contribution is 2.19. The summed E-state index contributed by atoms with van der Waals surface area (Å²) in [5.74, 6) is 0.172. The van der Waals surface area contributed by atoms with Gasteiger partial charge in [-0.2, -0.15) is 0 Å². The van der Waals surface area contributed by atoms with E-state index >= 15 is 0 Å². The normalized spacial score (nSPS) is 10.4. The topological polar surface area (TPSA) is 62.2 Å². The molecule has 0 aliphatic heterocycles. The summed E-state index contributed by atoms with van der Waals surface area (Å²) >= 11 is 0. The van der Waals surface area contributed by atoms with Crippen LogP contribution in [0.2, 0.25) is 0 Å². The second-order valence-electron chi connectivity index (χ2n) is 5.89. The minimum absolute atomic E-state index is 0.0160. The molecule has 2 N–H and O–H groups in total. The van der Waals surface area contributed by atoms with E-state index in [1.54, 1.807) is 30.5 Å². The molecule has 0 bridgehead atoms. The summed E-state index contributed by atoms with van der Waals surface area (Å²) in [6, 6.07) is 18.8. The van der Waals surface area contributed by atoms with E-state index in [1.165, 1.54) is 5.56 Å². The van der Waals surface area contributed by atoms with Gasteiger partial charge in [0.05, 0.1) is 0 Å². The number of phenols is 1. The number of carbonyl (C=O) groups is 1. The van der Waals surface area contributed by atoms with Crippen LogP contribution in [0.15, 0.2) is 73.1 Å². The fourth-order valence-electron chi connectivity index (χ4n) is 2.62. The molecule has 0 radical (unpaired) electrons. The van der Waals surface area contributed by atoms with Gasteiger partial charge < -0.3 is 10.4 Å². The summed E-state index contributed by atoms with van der Waals surface area (Å²) in [6.45, 7) is 0. The number of pyridine rings is 1. The van der Waals surface area contributed by atoms with E-state index in [1.807, 2.05) is 18.3 Å². The molecular formula is C21H20N2O2. The molecule has 0 aliphatic rings. The van der Waals surface area contributed by atoms with Gasteiger partial charge in [-0.05, 0) is 59.9 Å². The van der Waals surface area contributed by atoms with E-state index < -0.39 is 0 Å². The van der Waals surface area contributed by atoms with Crippen molar-refractivity contribution in [2.45, 2.75) is 19.3 Å². The first-order valence-corrected chi connectivity index (χ1v) is 8.29. The van der Waals surface area contributed by atoms with Crippen LogP contribution in [0.3, 0.4) is 0 Å². The van der Waals surface area contributed by atoms with Crippen LogP contribution in [0.4, 0.5) is 5.69 Å². The number of carbonyl (C=O) groups excluding carboxylic acids is 1. The summed E-state index contributed by atoms with van der Waals surface area (Å²) in [4.78, 5) is 16.1. The molecule has 0 atom stereocenters. The average molecular weight is 332 g/mol. The van der Waals surface area contributed by atoms with Gasteiger partial charge in [0, 0.05) is 24.5 Å². The maximum Gasteiger partial charge on any atom is 0.224 e. The van der Waals surface area contributed by atoms with Gasteiger partial charge in [-0.3, -0.25) is 9.78 Å². The average Bonchev–Trinajstić information content (AvgIpc) is 2.65. The van der Waals surface area contributed by atoms with Crippen LogP contribution in [0, 0.1) is 0 Å². The Morgan fingerprint density at radius 3 is 2.40 bits per heavy atom. The number of amides is 1. The number of hydrogen-bond donors (Lipinski definition) is 2. The van der Waals surface area contributed by atoms with Crippen LogP contribution in [0.1, 0.15) is 18.4 Å². The molecule has 0 saturated heterocycles. The number of aryl methyl sites for hydroxylation is 1. The van der Waals surface area contributed by atoms with Gasteiger partial charge in [0.15, 0.2) is 0 Å². The van der Waals surface area contributed by atoms with E-state index in [0.717, 1.165) is 24.0 Å². The van der Waals surface area contributed by atoms with Gasteiger partial charge in [-0.15, -0.1) is 0 Å². The highest BCUT2D eigenvalue weighted by Gasteiger charge is 2.04. The summed E-state index contributed by atoms with van der Waals surface area (Å²) in [5, 5.41) is 12.1. The monoisotopic (exact) mass is 332 g/mol. The van der Waals surface area contributed by atoms with Crippen molar-refractivity contribution in [3.63, 3.8) is 0 Å². The van der Waals surface area contributed by atoms with E-state index in [-0.39, 0.29) is 11.7 Å². The van der Waals surface area contributed by atoms with Gasteiger partial charge in [-0.25, -0.2) is 0 Å². The minimum atomic E-state index is -0.0160. The van der Waals surface area contributed by atoms with Crippen molar-refractivity contribution in [2.24, 2.45) is 0 Å². The number of aromatic hydroxyl groups is 1. The predicted molar refractivity (Wildman–Crippen MR) is 99.3 cm³/mol. The van der Waals surface area contributed by atoms with Gasteiger partial charge in [0.2, 0.25) is 5.91 Å². The van der Waals surface area contributed by atoms with E-state index in [2.05, 4.69) is 34.6 Å². The Labute approximate surface area is 147 Å². The summed E-state index contributed by atoms with van der Waals surface area (Å²) in [5.41, 5.74) is 4.15. The zero-order chi connectivity index (χ0) is 17.5. The van der Waals surface area contributed by atoms with Gasteiger partial charge in [-0.1, -0.05) is 30.3 Å². The second-order valence-corrected chi connectivity index (χ2v) is 5.89. The Kier molecular flexibility index (Phi) is 5.42. The Hall–Kier alpha value is -3.14. The minimum Gasteiger partial charge on any atom is -0.508 e. The molecule has 4 heteroatoms. The van der Waals surface area contributed by atoms with Crippen molar-refractivity contribution >= 4 is 11.6 Å². The van der Waals surface area contributed by atoms with Crippen molar-refractivity contribution < 1.29 is 9.90 Å². The van der Waals surface area contributed by atoms with Gasteiger partial charge in [0.1, 0.15) is 5.75 Å². The molecular weight excluding hydrogens is 312 g/mol. The third-order valence-electron chi connectivity index (χ3n) is 3.97. The Morgan fingerprint density at radius 1 is 0.960 bits per heavy atom. The second kappa shape index (κ2) is 8.11. The molecule has 1 aromatic heterocycles. The highest BCUT2D eigenvalue weighted by molar-refractivity contribution is 5.90. The van der Waals surface area contributed by atoms with Crippen molar-refractivity contribution in [1.29, 1.82) is 0 Å². The summed E-state index contributed by atoms with van der Waals surface area (Å²) < 4.78 is 0. The van der Waals surface area contributed by atoms with Gasteiger partial charge in [0.25, 0.3) is 0 Å². The Balaban J connectivity index is 1.47. The van der Waals surface area contributed by atoms with E-state index in [0.29, 0.717) is 12.1 Å². The Bertz CT molecular complexity index is 813. The molecule has 3 rings (SSSR count). The zero-order valence-electron chi connectivity index (χ0n) is 13.9. The molecule has 126 valence electrons. The number of anilines is 1. The standard InChI is InChI=1S/C21H20N2O2/c24-20-12-10-19(11-13-20)23-21(25)5-1-3-16-6-8-17(9-7-16)18-4-2-14-22-15-18/h2,4,6-15,24H,1,3,5H2,(H,23,25). The third-order valence-corrected chi connectivity index (χ3v) is 3.97. The lowest BCUT2D eigenvalue weighted by Crippen LogP contribution is -2.11. The van der Waals surface area contributed by atoms with Crippen LogP contribution in [-0.2, 0) is 11.2 Å². The number of rotatable bonds is 6. The number of phenolic OH excluding ortho intramolecular Hbond substituents is 1. The summed E-state index contributed by atoms with van der Waals surface area (Å²) in [7, 11) is 0. The molecule has 0 aliphatic carbocycles. The molecule has 0 unspecified atom stereocenters. The quantitative estimate of drug-likeness (QED) is 0.657. The SMILES string of the molecule is O=C(CCCc1ccc(-c2cccnc2)cc1)Nc1ccc(O)cc1. The van der Waals surface area contributed by atoms with Crippen molar-refractivity contribution in [3.05, 3.63) is 78.6 Å². The Morgan fingerprint density at radius 2 is 1.72 bits per heavy atom. The largest absolute Gasteiger partial charge is 0.508 e. The number of benzene rings is 2. The van der Waals surface area contributed by atoms with Crippen molar-refractivity contribution in [1.82, 2.24) is 4.98 Å². The van der Waals surface area contributed by atoms with Gasteiger partial charge >= 0.3 is 0 Å². The van der Waals surface area contributed by atoms with Crippen molar-refractivity contribution in [3.8, 4) is 16.9 Å². The first-order valence-electron chi connectivity index (χ1n) is 8.29. The lowest BCUT2D eigenvalue weighted by atomic mass is 10.0. The molecule has 3 aromatic rings. The lowest BCUT2D eigenvalue weighted by molar-refractivity contribution is -0.116. The first kappa shape index (κ1) is 16.7. The number of aromatic nitrogens is 1. The smallest absolute Gasteiger partial charge is 0.224 e. The third kappa shape index (κ3) is 4.91. The molecule has 1 heterocycles. The summed E-state index contributed by atoms with van der Waals surface area (Å²) in [6.07, 6.45) is 5.72. The molecule has 25 heavy (non-hydrogen) atoms. The number of nitrogens with zero attached hydrogens (tertiary/aromatic N) is 1. The molecule has 0 saturated carbocycles. The lowest BCUT2D eigenvalue weighted by Gasteiger charge is -2.06. The first-order chi connectivity index (χ1) is 12.2. The molecule has 0 spiro atoms. The van der Waals surface area contributed by atoms with Crippen LogP contribution in [0.5, 0.6) is 5.75 Å². The van der Waals surface area contributed by atoms with Crippen LogP contribution in [-0.4, -0.2) is 16.0 Å². The van der Waals surface area contributed by atoms with E-state index in [9.17, 15) is 9.90 Å². The molecule has 1 amide bonds. The molecule has 0 fully saturated rings. The fraction of sp³-hybridized carbons (Fsp3) is 0.143. The van der Waals surface area contributed by atoms with Crippen LogP contribution < -0.4 is 5.32 Å². The molecule has 2 aromatic carbocycles. The zero-order valence-corrected chi connectivity index (χ0v) is 13.9.